The van der Waals surface area contributed by atoms with E-state index in [9.17, 15) is 0 Å². The van der Waals surface area contributed by atoms with Gasteiger partial charge in [-0.15, -0.1) is 0 Å². The number of fused-ring (bicyclic) bond motifs is 1. The first-order valence-corrected chi connectivity index (χ1v) is 7.01. The fraction of sp³-hybridized carbons (Fsp3) is 0.625. The predicted octanol–water partition coefficient (Wildman–Crippen LogP) is 3.54. The molecule has 0 bridgehead atoms. The van der Waals surface area contributed by atoms with Crippen molar-refractivity contribution in [2.75, 3.05) is 14.2 Å². The molecule has 3 nitrogen and oxygen atoms in total. The molecule has 2 atom stereocenters. The zero-order valence-corrected chi connectivity index (χ0v) is 12.6. The Kier molecular flexibility index (Phi) is 4.04. The molecule has 0 radical (unpaired) electrons. The van der Waals surface area contributed by atoms with E-state index in [0.29, 0.717) is 12.0 Å². The van der Waals surface area contributed by atoms with Gasteiger partial charge >= 0.3 is 0 Å². The molecule has 0 aromatic heterocycles. The van der Waals surface area contributed by atoms with Crippen molar-refractivity contribution >= 4 is 0 Å². The normalized spacial score (nSPS) is 25.9. The maximum absolute atomic E-state index is 6.27. The summed E-state index contributed by atoms with van der Waals surface area (Å²) in [6.45, 7) is 6.70. The van der Waals surface area contributed by atoms with E-state index in [0.717, 1.165) is 24.3 Å². The van der Waals surface area contributed by atoms with Crippen LogP contribution in [0.1, 0.15) is 45.2 Å². The molecular weight excluding hydrogens is 238 g/mol. The van der Waals surface area contributed by atoms with Crippen molar-refractivity contribution in [3.8, 4) is 11.5 Å². The van der Waals surface area contributed by atoms with Crippen molar-refractivity contribution in [3.63, 3.8) is 0 Å². The lowest BCUT2D eigenvalue weighted by Gasteiger charge is -2.41. The van der Waals surface area contributed by atoms with Crippen LogP contribution >= 0.6 is 0 Å². The Morgan fingerprint density at radius 3 is 2.79 bits per heavy atom. The molecule has 1 N–H and O–H groups in total. The van der Waals surface area contributed by atoms with Crippen LogP contribution in [0.25, 0.3) is 0 Å². The lowest BCUT2D eigenvalue weighted by Crippen LogP contribution is -2.42. The lowest BCUT2D eigenvalue weighted by molar-refractivity contribution is 0.0296. The lowest BCUT2D eigenvalue weighted by atomic mass is 9.83. The Morgan fingerprint density at radius 2 is 2.21 bits per heavy atom. The SMILES string of the molecule is CNC1CC(C)(CC(C)C)Oc2ccc(OC)cc21. The van der Waals surface area contributed by atoms with E-state index in [2.05, 4.69) is 32.2 Å². The monoisotopic (exact) mass is 263 g/mol. The third-order valence-corrected chi connectivity index (χ3v) is 3.77. The second kappa shape index (κ2) is 5.41. The molecule has 1 aromatic rings. The highest BCUT2D eigenvalue weighted by molar-refractivity contribution is 5.44. The number of rotatable bonds is 4. The molecule has 1 aliphatic heterocycles. The minimum Gasteiger partial charge on any atom is -0.497 e. The summed E-state index contributed by atoms with van der Waals surface area (Å²) in [5.41, 5.74) is 1.10. The minimum absolute atomic E-state index is 0.0938. The van der Waals surface area contributed by atoms with Gasteiger partial charge in [-0.3, -0.25) is 0 Å². The Labute approximate surface area is 116 Å². The minimum atomic E-state index is -0.0938. The van der Waals surface area contributed by atoms with Gasteiger partial charge in [-0.25, -0.2) is 0 Å². The van der Waals surface area contributed by atoms with Crippen molar-refractivity contribution in [1.82, 2.24) is 5.32 Å². The van der Waals surface area contributed by atoms with Gasteiger partial charge in [-0.05, 0) is 44.5 Å². The van der Waals surface area contributed by atoms with Gasteiger partial charge in [0.25, 0.3) is 0 Å². The van der Waals surface area contributed by atoms with E-state index < -0.39 is 0 Å². The summed E-state index contributed by atoms with van der Waals surface area (Å²) in [4.78, 5) is 0. The van der Waals surface area contributed by atoms with Gasteiger partial charge in [0.1, 0.15) is 17.1 Å². The van der Waals surface area contributed by atoms with Crippen molar-refractivity contribution < 1.29 is 9.47 Å². The van der Waals surface area contributed by atoms with Crippen LogP contribution in [0.3, 0.4) is 0 Å². The molecular formula is C16H25NO2. The Hall–Kier alpha value is -1.22. The summed E-state index contributed by atoms with van der Waals surface area (Å²) >= 11 is 0. The summed E-state index contributed by atoms with van der Waals surface area (Å²) < 4.78 is 11.6. The van der Waals surface area contributed by atoms with Crippen LogP contribution in [0, 0.1) is 5.92 Å². The first kappa shape index (κ1) is 14.2. The van der Waals surface area contributed by atoms with Gasteiger partial charge in [0.15, 0.2) is 0 Å². The van der Waals surface area contributed by atoms with E-state index in [1.807, 2.05) is 19.2 Å². The number of benzene rings is 1. The first-order valence-electron chi connectivity index (χ1n) is 7.01. The Balaban J connectivity index is 2.33. The standard InChI is InChI=1S/C16H25NO2/c1-11(2)9-16(3)10-14(17-4)13-8-12(18-5)6-7-15(13)19-16/h6-8,11,14,17H,9-10H2,1-5H3. The quantitative estimate of drug-likeness (QED) is 0.901. The molecule has 106 valence electrons. The van der Waals surface area contributed by atoms with E-state index in [1.165, 1.54) is 5.56 Å². The number of hydrogen-bond donors (Lipinski definition) is 1. The second-order valence-electron chi connectivity index (χ2n) is 6.10. The van der Waals surface area contributed by atoms with Crippen LogP contribution in [-0.4, -0.2) is 19.8 Å². The van der Waals surface area contributed by atoms with E-state index >= 15 is 0 Å². The molecule has 1 aromatic carbocycles. The van der Waals surface area contributed by atoms with Gasteiger partial charge in [0.2, 0.25) is 0 Å². The number of ether oxygens (including phenoxy) is 2. The summed E-state index contributed by atoms with van der Waals surface area (Å²) in [7, 11) is 3.71. The van der Waals surface area contributed by atoms with Crippen LogP contribution in [0.15, 0.2) is 18.2 Å². The van der Waals surface area contributed by atoms with Gasteiger partial charge in [0.05, 0.1) is 7.11 Å². The largest absolute Gasteiger partial charge is 0.497 e. The molecule has 0 saturated heterocycles. The van der Waals surface area contributed by atoms with Crippen molar-refractivity contribution in [3.05, 3.63) is 23.8 Å². The fourth-order valence-corrected chi connectivity index (χ4v) is 3.11. The average molecular weight is 263 g/mol. The smallest absolute Gasteiger partial charge is 0.125 e. The highest BCUT2D eigenvalue weighted by atomic mass is 16.5. The molecule has 2 rings (SSSR count). The molecule has 0 saturated carbocycles. The topological polar surface area (TPSA) is 30.5 Å². The van der Waals surface area contributed by atoms with Gasteiger partial charge in [-0.2, -0.15) is 0 Å². The zero-order valence-electron chi connectivity index (χ0n) is 12.6. The van der Waals surface area contributed by atoms with Gasteiger partial charge in [-0.1, -0.05) is 13.8 Å². The molecule has 0 aliphatic carbocycles. The van der Waals surface area contributed by atoms with Crippen LogP contribution in [-0.2, 0) is 0 Å². The highest BCUT2D eigenvalue weighted by Crippen LogP contribution is 2.43. The van der Waals surface area contributed by atoms with Crippen LogP contribution in [0.4, 0.5) is 0 Å². The number of hydrogen-bond acceptors (Lipinski definition) is 3. The molecule has 3 heteroatoms. The summed E-state index contributed by atoms with van der Waals surface area (Å²) in [6, 6.07) is 6.39. The van der Waals surface area contributed by atoms with Crippen LogP contribution in [0.2, 0.25) is 0 Å². The van der Waals surface area contributed by atoms with Crippen LogP contribution in [0.5, 0.6) is 11.5 Å². The van der Waals surface area contributed by atoms with E-state index in [1.54, 1.807) is 7.11 Å². The Morgan fingerprint density at radius 1 is 1.47 bits per heavy atom. The third kappa shape index (κ3) is 3.03. The molecule has 0 spiro atoms. The molecule has 2 unspecified atom stereocenters. The maximum atomic E-state index is 6.27. The highest BCUT2D eigenvalue weighted by Gasteiger charge is 2.37. The van der Waals surface area contributed by atoms with Gasteiger partial charge < -0.3 is 14.8 Å². The van der Waals surface area contributed by atoms with Crippen LogP contribution < -0.4 is 14.8 Å². The van der Waals surface area contributed by atoms with Crippen molar-refractivity contribution in [2.45, 2.75) is 45.3 Å². The van der Waals surface area contributed by atoms with Crippen molar-refractivity contribution in [2.24, 2.45) is 5.92 Å². The molecule has 0 fully saturated rings. The summed E-state index contributed by atoms with van der Waals surface area (Å²) in [6.07, 6.45) is 2.05. The first-order chi connectivity index (χ1) is 8.97. The fourth-order valence-electron chi connectivity index (χ4n) is 3.11. The maximum Gasteiger partial charge on any atom is 0.125 e. The number of methoxy groups -OCH3 is 1. The predicted molar refractivity (Wildman–Crippen MR) is 77.9 cm³/mol. The Bertz CT molecular complexity index is 444. The second-order valence-corrected chi connectivity index (χ2v) is 6.10. The van der Waals surface area contributed by atoms with Gasteiger partial charge in [0, 0.05) is 18.0 Å². The van der Waals surface area contributed by atoms with E-state index in [4.69, 9.17) is 9.47 Å². The third-order valence-electron chi connectivity index (χ3n) is 3.77. The number of nitrogens with one attached hydrogen (secondary N) is 1. The molecule has 19 heavy (non-hydrogen) atoms. The molecule has 1 heterocycles. The average Bonchev–Trinajstić information content (AvgIpc) is 2.35. The zero-order chi connectivity index (χ0) is 14.0. The molecule has 1 aliphatic rings. The molecule has 0 amide bonds. The van der Waals surface area contributed by atoms with E-state index in [-0.39, 0.29) is 5.60 Å². The van der Waals surface area contributed by atoms with Crippen molar-refractivity contribution in [1.29, 1.82) is 0 Å². The summed E-state index contributed by atoms with van der Waals surface area (Å²) in [5, 5.41) is 3.40. The summed E-state index contributed by atoms with van der Waals surface area (Å²) in [5.74, 6) is 2.49.